The van der Waals surface area contributed by atoms with Crippen molar-refractivity contribution in [3.8, 4) is 0 Å². The number of ketones is 1. The maximum absolute atomic E-state index is 13.6. The summed E-state index contributed by atoms with van der Waals surface area (Å²) in [7, 11) is 5.20. The molecule has 3 rings (SSSR count). The molecule has 7 atom stereocenters. The smallest absolute Gasteiger partial charge is 0.330 e. The standard InChI is InChI=1S/C25H39NO6/c1-15-16(14-18(27)32-13-12-26(4)5)8-9-17-19(15)20(28)21(29)22-24(17,2)10-7-11-25(22,3)23(30)31-6/h14-15,17,19-20,22,28H,7-13H2,1-6H3/b16-14+/t15-,17-,19-,20+,22+,24+,25-/m0/s1. The Balaban J connectivity index is 1.87. The second-order valence-corrected chi connectivity index (χ2v) is 10.7. The third kappa shape index (κ3) is 4.14. The van der Waals surface area contributed by atoms with Crippen LogP contribution in [0.3, 0.4) is 0 Å². The zero-order chi connectivity index (χ0) is 23.8. The van der Waals surface area contributed by atoms with Gasteiger partial charge < -0.3 is 19.5 Å². The van der Waals surface area contributed by atoms with Crippen LogP contribution in [0.4, 0.5) is 0 Å². The van der Waals surface area contributed by atoms with Gasteiger partial charge in [0.25, 0.3) is 0 Å². The molecule has 0 unspecified atom stereocenters. The van der Waals surface area contributed by atoms with E-state index in [9.17, 15) is 19.5 Å². The van der Waals surface area contributed by atoms with Gasteiger partial charge in [0.1, 0.15) is 12.7 Å². The van der Waals surface area contributed by atoms with E-state index in [0.29, 0.717) is 19.6 Å². The molecule has 0 aromatic carbocycles. The molecule has 32 heavy (non-hydrogen) atoms. The molecule has 3 fully saturated rings. The molecule has 3 aliphatic rings. The molecule has 0 aliphatic heterocycles. The van der Waals surface area contributed by atoms with Crippen LogP contribution in [0.15, 0.2) is 11.6 Å². The van der Waals surface area contributed by atoms with Gasteiger partial charge in [0.2, 0.25) is 0 Å². The second kappa shape index (κ2) is 9.26. The third-order valence-electron chi connectivity index (χ3n) is 8.60. The van der Waals surface area contributed by atoms with E-state index in [-0.39, 0.29) is 40.9 Å². The molecule has 0 spiro atoms. The first-order chi connectivity index (χ1) is 15.0. The Morgan fingerprint density at radius 1 is 1.25 bits per heavy atom. The number of methoxy groups -OCH3 is 1. The van der Waals surface area contributed by atoms with E-state index in [1.165, 1.54) is 7.11 Å². The SMILES string of the molecule is COC(=O)[C@@]1(C)CCC[C@@]2(C)[C@H]1C(=O)[C@H](O)[C@H]1[C@@H](C)/C(=C/C(=O)OCCN(C)C)CC[C@@H]12. The van der Waals surface area contributed by atoms with E-state index in [4.69, 9.17) is 9.47 Å². The van der Waals surface area contributed by atoms with Crippen LogP contribution in [0.5, 0.6) is 0 Å². The lowest BCUT2D eigenvalue weighted by Gasteiger charge is -2.61. The topological polar surface area (TPSA) is 93.1 Å². The molecular weight excluding hydrogens is 410 g/mol. The Morgan fingerprint density at radius 3 is 2.56 bits per heavy atom. The summed E-state index contributed by atoms with van der Waals surface area (Å²) in [5.41, 5.74) is -0.365. The molecule has 3 aliphatic carbocycles. The van der Waals surface area contributed by atoms with Crippen molar-refractivity contribution in [2.75, 3.05) is 34.4 Å². The summed E-state index contributed by atoms with van der Waals surface area (Å²) in [6.07, 6.45) is 4.20. The van der Waals surface area contributed by atoms with E-state index in [1.54, 1.807) is 6.08 Å². The quantitative estimate of drug-likeness (QED) is 0.509. The van der Waals surface area contributed by atoms with Crippen molar-refractivity contribution in [1.29, 1.82) is 0 Å². The maximum Gasteiger partial charge on any atom is 0.330 e. The Hall–Kier alpha value is -1.73. The number of rotatable bonds is 5. The molecule has 0 heterocycles. The lowest BCUT2D eigenvalue weighted by Crippen LogP contribution is -2.65. The van der Waals surface area contributed by atoms with Crippen LogP contribution in [0.1, 0.15) is 52.9 Å². The number of hydrogen-bond acceptors (Lipinski definition) is 7. The molecule has 0 aromatic heterocycles. The molecule has 0 bridgehead atoms. The average Bonchev–Trinajstić information content (AvgIpc) is 2.72. The van der Waals surface area contributed by atoms with E-state index < -0.39 is 17.4 Å². The Bertz CT molecular complexity index is 791. The molecule has 0 amide bonds. The highest BCUT2D eigenvalue weighted by molar-refractivity contribution is 5.93. The van der Waals surface area contributed by atoms with Crippen molar-refractivity contribution in [1.82, 2.24) is 4.90 Å². The number of fused-ring (bicyclic) bond motifs is 3. The fraction of sp³-hybridized carbons (Fsp3) is 0.800. The second-order valence-electron chi connectivity index (χ2n) is 10.7. The normalized spacial score (nSPS) is 40.6. The highest BCUT2D eigenvalue weighted by atomic mass is 16.5. The third-order valence-corrected chi connectivity index (χ3v) is 8.60. The van der Waals surface area contributed by atoms with Crippen LogP contribution < -0.4 is 0 Å². The number of ether oxygens (including phenoxy) is 2. The molecule has 0 saturated heterocycles. The van der Waals surface area contributed by atoms with Gasteiger partial charge in [-0.1, -0.05) is 25.8 Å². The summed E-state index contributed by atoms with van der Waals surface area (Å²) in [4.78, 5) is 40.6. The monoisotopic (exact) mass is 449 g/mol. The minimum Gasteiger partial charge on any atom is -0.469 e. The zero-order valence-electron chi connectivity index (χ0n) is 20.3. The fourth-order valence-corrected chi connectivity index (χ4v) is 7.03. The van der Waals surface area contributed by atoms with Gasteiger partial charge in [0.15, 0.2) is 5.78 Å². The fourth-order valence-electron chi connectivity index (χ4n) is 7.03. The molecule has 0 radical (unpaired) electrons. The lowest BCUT2D eigenvalue weighted by molar-refractivity contribution is -0.193. The first kappa shape index (κ1) is 24.9. The van der Waals surface area contributed by atoms with Crippen molar-refractivity contribution in [3.63, 3.8) is 0 Å². The van der Waals surface area contributed by atoms with Gasteiger partial charge in [0.05, 0.1) is 12.5 Å². The van der Waals surface area contributed by atoms with Crippen LogP contribution in [0.2, 0.25) is 0 Å². The van der Waals surface area contributed by atoms with Gasteiger partial charge in [0, 0.05) is 24.5 Å². The van der Waals surface area contributed by atoms with Gasteiger partial charge in [-0.3, -0.25) is 9.59 Å². The molecule has 7 nitrogen and oxygen atoms in total. The van der Waals surface area contributed by atoms with Crippen LogP contribution >= 0.6 is 0 Å². The molecule has 0 aromatic rings. The predicted molar refractivity (Wildman–Crippen MR) is 120 cm³/mol. The lowest BCUT2D eigenvalue weighted by atomic mass is 9.42. The van der Waals surface area contributed by atoms with Crippen LogP contribution in [-0.2, 0) is 23.9 Å². The average molecular weight is 450 g/mol. The number of likely N-dealkylation sites (N-methyl/N-ethyl adjacent to an activating group) is 1. The summed E-state index contributed by atoms with van der Waals surface area (Å²) in [5.74, 6) is -1.82. The first-order valence-electron chi connectivity index (χ1n) is 11.8. The van der Waals surface area contributed by atoms with E-state index in [0.717, 1.165) is 31.3 Å². The summed E-state index contributed by atoms with van der Waals surface area (Å²) in [6, 6.07) is 0. The summed E-state index contributed by atoms with van der Waals surface area (Å²) in [6.45, 7) is 6.92. The van der Waals surface area contributed by atoms with Gasteiger partial charge in [-0.15, -0.1) is 0 Å². The summed E-state index contributed by atoms with van der Waals surface area (Å²) < 4.78 is 10.4. The number of hydrogen-bond donors (Lipinski definition) is 1. The van der Waals surface area contributed by atoms with Crippen LogP contribution in [0, 0.1) is 34.5 Å². The van der Waals surface area contributed by atoms with Crippen LogP contribution in [-0.4, -0.2) is 68.2 Å². The van der Waals surface area contributed by atoms with Crippen LogP contribution in [0.25, 0.3) is 0 Å². The van der Waals surface area contributed by atoms with E-state index in [1.807, 2.05) is 32.8 Å². The van der Waals surface area contributed by atoms with Crippen molar-refractivity contribution in [2.24, 2.45) is 34.5 Å². The maximum atomic E-state index is 13.6. The summed E-state index contributed by atoms with van der Waals surface area (Å²) in [5, 5.41) is 11.2. The number of Topliss-reactive ketones (excluding diaryl/α,β-unsaturated/α-hetero) is 1. The zero-order valence-corrected chi connectivity index (χ0v) is 20.3. The first-order valence-corrected chi connectivity index (χ1v) is 11.8. The van der Waals surface area contributed by atoms with Crippen molar-refractivity contribution in [3.05, 3.63) is 11.6 Å². The molecule has 3 saturated carbocycles. The number of carbonyl (C=O) groups is 3. The van der Waals surface area contributed by atoms with Gasteiger partial charge >= 0.3 is 11.9 Å². The molecule has 180 valence electrons. The number of aliphatic hydroxyl groups excluding tert-OH is 1. The number of aliphatic hydroxyl groups is 1. The highest BCUT2D eigenvalue weighted by Gasteiger charge is 2.66. The Labute approximate surface area is 191 Å². The number of nitrogens with zero attached hydrogens (tertiary/aromatic N) is 1. The van der Waals surface area contributed by atoms with Gasteiger partial charge in [-0.05, 0) is 64.0 Å². The molecule has 1 N–H and O–H groups in total. The predicted octanol–water partition coefficient (Wildman–Crippen LogP) is 2.61. The van der Waals surface area contributed by atoms with Gasteiger partial charge in [-0.25, -0.2) is 4.79 Å². The van der Waals surface area contributed by atoms with Crippen molar-refractivity contribution in [2.45, 2.75) is 59.0 Å². The highest BCUT2D eigenvalue weighted by Crippen LogP contribution is 2.64. The van der Waals surface area contributed by atoms with Crippen molar-refractivity contribution < 1.29 is 29.0 Å². The molecular formula is C25H39NO6. The number of allylic oxidation sites excluding steroid dienone is 1. The Kier molecular flexibility index (Phi) is 7.20. The van der Waals surface area contributed by atoms with E-state index >= 15 is 0 Å². The largest absolute Gasteiger partial charge is 0.469 e. The number of esters is 2. The Morgan fingerprint density at radius 2 is 1.94 bits per heavy atom. The van der Waals surface area contributed by atoms with Crippen molar-refractivity contribution >= 4 is 17.7 Å². The molecule has 7 heteroatoms. The van der Waals surface area contributed by atoms with Gasteiger partial charge in [-0.2, -0.15) is 0 Å². The minimum atomic E-state index is -1.15. The van der Waals surface area contributed by atoms with E-state index in [2.05, 4.69) is 6.92 Å². The summed E-state index contributed by atoms with van der Waals surface area (Å²) >= 11 is 0. The minimum absolute atomic E-state index is 0.0985. The number of carbonyl (C=O) groups excluding carboxylic acids is 3.